The summed E-state index contributed by atoms with van der Waals surface area (Å²) in [5, 5.41) is 10.4. The molecule has 0 aromatic heterocycles. The fourth-order valence-electron chi connectivity index (χ4n) is 2.97. The average molecular weight is 328 g/mol. The summed E-state index contributed by atoms with van der Waals surface area (Å²) in [5.74, 6) is 1.19. The molecule has 1 aromatic carbocycles. The Balaban J connectivity index is 1.69. The highest BCUT2D eigenvalue weighted by Gasteiger charge is 2.21. The molecular formula is C16H19Cl2NO2. The van der Waals surface area contributed by atoms with Gasteiger partial charge in [-0.2, -0.15) is 0 Å². The third-order valence-corrected chi connectivity index (χ3v) is 4.69. The van der Waals surface area contributed by atoms with Gasteiger partial charge in [0.2, 0.25) is 0 Å². The summed E-state index contributed by atoms with van der Waals surface area (Å²) in [6.07, 6.45) is 4.27. The number of halogens is 2. The van der Waals surface area contributed by atoms with Gasteiger partial charge in [-0.3, -0.25) is 4.90 Å². The van der Waals surface area contributed by atoms with Crippen molar-refractivity contribution in [1.82, 2.24) is 4.90 Å². The molecule has 3 rings (SSSR count). The van der Waals surface area contributed by atoms with Gasteiger partial charge in [0.1, 0.15) is 12.4 Å². The van der Waals surface area contributed by atoms with E-state index in [0.29, 0.717) is 29.2 Å². The Bertz CT molecular complexity index is 551. The van der Waals surface area contributed by atoms with Crippen LogP contribution in [0.5, 0.6) is 5.75 Å². The van der Waals surface area contributed by atoms with Gasteiger partial charge in [0.05, 0.1) is 5.02 Å². The van der Waals surface area contributed by atoms with Crippen LogP contribution in [0.25, 0.3) is 6.08 Å². The molecule has 5 heteroatoms. The number of fused-ring (bicyclic) bond motifs is 1. The van der Waals surface area contributed by atoms with Crippen LogP contribution >= 0.6 is 23.2 Å². The number of aliphatic hydroxyl groups is 1. The Morgan fingerprint density at radius 2 is 2.00 bits per heavy atom. The highest BCUT2D eigenvalue weighted by Crippen LogP contribution is 2.36. The molecule has 1 aromatic rings. The van der Waals surface area contributed by atoms with Crippen molar-refractivity contribution >= 4 is 29.3 Å². The van der Waals surface area contributed by atoms with E-state index in [2.05, 4.69) is 11.0 Å². The van der Waals surface area contributed by atoms with Gasteiger partial charge in [-0.15, -0.1) is 0 Å². The van der Waals surface area contributed by atoms with Gasteiger partial charge in [0.15, 0.2) is 0 Å². The molecule has 3 nitrogen and oxygen atoms in total. The van der Waals surface area contributed by atoms with Gasteiger partial charge in [-0.25, -0.2) is 0 Å². The zero-order chi connectivity index (χ0) is 14.8. The second kappa shape index (κ2) is 6.57. The zero-order valence-corrected chi connectivity index (χ0v) is 13.3. The zero-order valence-electron chi connectivity index (χ0n) is 11.8. The fourth-order valence-corrected chi connectivity index (χ4v) is 3.54. The van der Waals surface area contributed by atoms with Crippen LogP contribution in [0.1, 0.15) is 18.4 Å². The molecule has 1 N–H and O–H groups in total. The molecule has 1 fully saturated rings. The number of hydrogen-bond acceptors (Lipinski definition) is 3. The van der Waals surface area contributed by atoms with Crippen molar-refractivity contribution in [3.8, 4) is 5.75 Å². The first-order chi connectivity index (χ1) is 10.2. The van der Waals surface area contributed by atoms with Crippen LogP contribution in [-0.4, -0.2) is 42.9 Å². The lowest BCUT2D eigenvalue weighted by Gasteiger charge is -2.32. The number of piperidine rings is 1. The highest BCUT2D eigenvalue weighted by atomic mass is 35.5. The Hall–Kier alpha value is -0.740. The molecule has 0 unspecified atom stereocenters. The summed E-state index contributed by atoms with van der Waals surface area (Å²) >= 11 is 12.2. The molecule has 1 saturated heterocycles. The molecular weight excluding hydrogens is 309 g/mol. The molecule has 0 aliphatic carbocycles. The monoisotopic (exact) mass is 327 g/mol. The lowest BCUT2D eigenvalue weighted by molar-refractivity contribution is 0.136. The standard InChI is InChI=1S/C16H19Cl2NO2/c17-14-6-13-5-12(10-21-16(13)15(18)7-14)8-19-3-1-11(9-20)2-4-19/h5-7,11,20H,1-4,8-10H2. The lowest BCUT2D eigenvalue weighted by atomic mass is 9.97. The first-order valence-corrected chi connectivity index (χ1v) is 8.06. The van der Waals surface area contributed by atoms with Crippen LogP contribution in [0.3, 0.4) is 0 Å². The molecule has 21 heavy (non-hydrogen) atoms. The Morgan fingerprint density at radius 1 is 1.24 bits per heavy atom. The van der Waals surface area contributed by atoms with Gasteiger partial charge >= 0.3 is 0 Å². The third kappa shape index (κ3) is 3.54. The quantitative estimate of drug-likeness (QED) is 0.922. The Morgan fingerprint density at radius 3 is 2.71 bits per heavy atom. The molecule has 2 aliphatic heterocycles. The molecule has 0 atom stereocenters. The fraction of sp³-hybridized carbons (Fsp3) is 0.500. The summed E-state index contributed by atoms with van der Waals surface area (Å²) in [6.45, 7) is 3.86. The third-order valence-electron chi connectivity index (χ3n) is 4.19. The average Bonchev–Trinajstić information content (AvgIpc) is 2.47. The van der Waals surface area contributed by atoms with Crippen molar-refractivity contribution in [3.63, 3.8) is 0 Å². The van der Waals surface area contributed by atoms with E-state index < -0.39 is 0 Å². The van der Waals surface area contributed by atoms with Gasteiger partial charge in [-0.05, 0) is 55.6 Å². The van der Waals surface area contributed by atoms with E-state index in [1.807, 2.05) is 6.07 Å². The predicted molar refractivity (Wildman–Crippen MR) is 86.2 cm³/mol. The lowest BCUT2D eigenvalue weighted by Crippen LogP contribution is -2.36. The maximum Gasteiger partial charge on any atom is 0.145 e. The van der Waals surface area contributed by atoms with E-state index >= 15 is 0 Å². The minimum Gasteiger partial charge on any atom is -0.487 e. The Labute approximate surface area is 135 Å². The summed E-state index contributed by atoms with van der Waals surface area (Å²) in [5.41, 5.74) is 2.20. The van der Waals surface area contributed by atoms with Crippen LogP contribution in [0.4, 0.5) is 0 Å². The summed E-state index contributed by atoms with van der Waals surface area (Å²) in [7, 11) is 0. The van der Waals surface area contributed by atoms with E-state index in [0.717, 1.165) is 43.8 Å². The van der Waals surface area contributed by atoms with Crippen LogP contribution in [0.15, 0.2) is 17.7 Å². The minimum atomic E-state index is 0.310. The number of hydrogen-bond donors (Lipinski definition) is 1. The van der Waals surface area contributed by atoms with Gasteiger partial charge in [0.25, 0.3) is 0 Å². The molecule has 0 spiro atoms. The van der Waals surface area contributed by atoms with Crippen molar-refractivity contribution in [2.24, 2.45) is 5.92 Å². The number of rotatable bonds is 3. The first kappa shape index (κ1) is 15.2. The van der Waals surface area contributed by atoms with Crippen molar-refractivity contribution < 1.29 is 9.84 Å². The Kier molecular flexibility index (Phi) is 4.75. The molecule has 2 heterocycles. The summed E-state index contributed by atoms with van der Waals surface area (Å²) in [4.78, 5) is 2.42. The van der Waals surface area contributed by atoms with E-state index in [4.69, 9.17) is 27.9 Å². The molecule has 114 valence electrons. The van der Waals surface area contributed by atoms with Crippen LogP contribution in [0, 0.1) is 5.92 Å². The number of benzene rings is 1. The van der Waals surface area contributed by atoms with Crippen molar-refractivity contribution in [2.45, 2.75) is 12.8 Å². The van der Waals surface area contributed by atoms with E-state index in [9.17, 15) is 5.11 Å². The number of aliphatic hydroxyl groups excluding tert-OH is 1. The van der Waals surface area contributed by atoms with Crippen LogP contribution < -0.4 is 4.74 Å². The number of likely N-dealkylation sites (tertiary alicyclic amines) is 1. The summed E-state index contributed by atoms with van der Waals surface area (Å²) < 4.78 is 5.78. The molecule has 0 amide bonds. The first-order valence-electron chi connectivity index (χ1n) is 7.30. The number of ether oxygens (including phenoxy) is 1. The maximum atomic E-state index is 9.19. The highest BCUT2D eigenvalue weighted by molar-refractivity contribution is 6.36. The molecule has 0 saturated carbocycles. The molecule has 0 radical (unpaired) electrons. The number of nitrogens with zero attached hydrogens (tertiary/aromatic N) is 1. The normalized spacial score (nSPS) is 19.9. The van der Waals surface area contributed by atoms with Gasteiger partial charge in [-0.1, -0.05) is 23.2 Å². The van der Waals surface area contributed by atoms with Crippen LogP contribution in [-0.2, 0) is 0 Å². The van der Waals surface area contributed by atoms with E-state index in [1.165, 1.54) is 5.57 Å². The largest absolute Gasteiger partial charge is 0.487 e. The SMILES string of the molecule is OCC1CCN(CC2=Cc3cc(Cl)cc(Cl)c3OC2)CC1. The molecule has 0 bridgehead atoms. The molecule has 2 aliphatic rings. The van der Waals surface area contributed by atoms with E-state index in [1.54, 1.807) is 6.07 Å². The minimum absolute atomic E-state index is 0.310. The topological polar surface area (TPSA) is 32.7 Å². The predicted octanol–water partition coefficient (Wildman–Crippen LogP) is 3.47. The van der Waals surface area contributed by atoms with Gasteiger partial charge in [0, 0.05) is 23.7 Å². The van der Waals surface area contributed by atoms with Crippen molar-refractivity contribution in [3.05, 3.63) is 33.3 Å². The smallest absolute Gasteiger partial charge is 0.145 e. The second-order valence-electron chi connectivity index (χ2n) is 5.80. The van der Waals surface area contributed by atoms with Gasteiger partial charge < -0.3 is 9.84 Å². The van der Waals surface area contributed by atoms with Crippen molar-refractivity contribution in [2.75, 3.05) is 32.8 Å². The second-order valence-corrected chi connectivity index (χ2v) is 6.64. The summed E-state index contributed by atoms with van der Waals surface area (Å²) in [6, 6.07) is 3.60. The van der Waals surface area contributed by atoms with Crippen LogP contribution in [0.2, 0.25) is 10.0 Å². The maximum absolute atomic E-state index is 9.19. The van der Waals surface area contributed by atoms with E-state index in [-0.39, 0.29) is 0 Å². The van der Waals surface area contributed by atoms with Crippen molar-refractivity contribution in [1.29, 1.82) is 0 Å².